The number of rotatable bonds is 5. The van der Waals surface area contributed by atoms with Gasteiger partial charge in [-0.25, -0.2) is 4.79 Å². The molecule has 0 fully saturated rings. The molecule has 8 heteroatoms. The third-order valence-electron chi connectivity index (χ3n) is 2.91. The Hall–Kier alpha value is -1.95. The number of esters is 1. The van der Waals surface area contributed by atoms with E-state index in [1.807, 2.05) is 0 Å². The van der Waals surface area contributed by atoms with Crippen molar-refractivity contribution < 1.29 is 19.1 Å². The maximum atomic E-state index is 11.9. The second kappa shape index (κ2) is 8.24. The van der Waals surface area contributed by atoms with Crippen LogP contribution in [0.2, 0.25) is 15.1 Å². The molecule has 0 radical (unpaired) electrons. The van der Waals surface area contributed by atoms with Gasteiger partial charge in [0.2, 0.25) is 0 Å². The average Bonchev–Trinajstić information content (AvgIpc) is 2.57. The number of halogens is 3. The molecule has 0 aliphatic rings. The maximum absolute atomic E-state index is 11.9. The van der Waals surface area contributed by atoms with Gasteiger partial charge in [0.05, 0.1) is 33.4 Å². The van der Waals surface area contributed by atoms with Gasteiger partial charge in [0.25, 0.3) is 5.91 Å². The molecule has 0 aromatic heterocycles. The summed E-state index contributed by atoms with van der Waals surface area (Å²) in [6, 6.07) is 9.17. The van der Waals surface area contributed by atoms with Crippen LogP contribution < -0.4 is 10.1 Å². The Bertz CT molecular complexity index is 780. The lowest BCUT2D eigenvalue weighted by Crippen LogP contribution is -2.20. The molecule has 1 amide bonds. The summed E-state index contributed by atoms with van der Waals surface area (Å²) in [5, 5.41) is 3.38. The van der Waals surface area contributed by atoms with Crippen LogP contribution in [0.3, 0.4) is 0 Å². The molecule has 2 aromatic carbocycles. The van der Waals surface area contributed by atoms with Gasteiger partial charge in [-0.15, -0.1) is 0 Å². The number of anilines is 1. The topological polar surface area (TPSA) is 64.6 Å². The zero-order chi connectivity index (χ0) is 17.7. The molecule has 0 heterocycles. The van der Waals surface area contributed by atoms with Crippen LogP contribution in [0.4, 0.5) is 5.69 Å². The summed E-state index contributed by atoms with van der Waals surface area (Å²) in [6.45, 7) is -0.277. The molecular formula is C16H12Cl3NO4. The van der Waals surface area contributed by atoms with Crippen molar-refractivity contribution in [1.82, 2.24) is 0 Å². The fourth-order valence-electron chi connectivity index (χ4n) is 1.78. The van der Waals surface area contributed by atoms with Crippen LogP contribution in [0.25, 0.3) is 0 Å². The summed E-state index contributed by atoms with van der Waals surface area (Å²) in [4.78, 5) is 23.4. The Morgan fingerprint density at radius 3 is 2.46 bits per heavy atom. The minimum absolute atomic E-state index is 0.255. The molecule has 0 spiro atoms. The lowest BCUT2D eigenvalue weighted by molar-refractivity contribution is -0.118. The predicted octanol–water partition coefficient (Wildman–Crippen LogP) is 4.45. The minimum Gasteiger partial charge on any atom is -0.484 e. The number of benzene rings is 2. The summed E-state index contributed by atoms with van der Waals surface area (Å²) in [5.41, 5.74) is 0.644. The van der Waals surface area contributed by atoms with Crippen LogP contribution in [0.1, 0.15) is 10.4 Å². The van der Waals surface area contributed by atoms with Gasteiger partial charge in [0, 0.05) is 0 Å². The zero-order valence-electron chi connectivity index (χ0n) is 12.4. The maximum Gasteiger partial charge on any atom is 0.337 e. The van der Waals surface area contributed by atoms with E-state index < -0.39 is 11.9 Å². The van der Waals surface area contributed by atoms with Crippen LogP contribution in [0, 0.1) is 0 Å². The number of hydrogen-bond donors (Lipinski definition) is 1. The van der Waals surface area contributed by atoms with Crippen molar-refractivity contribution in [2.75, 3.05) is 19.0 Å². The minimum atomic E-state index is -0.493. The Kier molecular flexibility index (Phi) is 6.31. The smallest absolute Gasteiger partial charge is 0.337 e. The van der Waals surface area contributed by atoms with Gasteiger partial charge >= 0.3 is 5.97 Å². The van der Waals surface area contributed by atoms with E-state index in [0.717, 1.165) is 0 Å². The molecule has 0 unspecified atom stereocenters. The van der Waals surface area contributed by atoms with Crippen molar-refractivity contribution in [3.63, 3.8) is 0 Å². The Labute approximate surface area is 153 Å². The van der Waals surface area contributed by atoms with Crippen LogP contribution in [0.5, 0.6) is 5.75 Å². The van der Waals surface area contributed by atoms with Gasteiger partial charge < -0.3 is 14.8 Å². The monoisotopic (exact) mass is 387 g/mol. The molecule has 0 atom stereocenters. The average molecular weight is 389 g/mol. The van der Waals surface area contributed by atoms with Crippen molar-refractivity contribution in [3.05, 3.63) is 57.0 Å². The fraction of sp³-hybridized carbons (Fsp3) is 0.125. The van der Waals surface area contributed by atoms with Crippen LogP contribution in [-0.4, -0.2) is 25.6 Å². The zero-order valence-corrected chi connectivity index (χ0v) is 14.7. The highest BCUT2D eigenvalue weighted by molar-refractivity contribution is 6.44. The molecule has 2 rings (SSSR count). The lowest BCUT2D eigenvalue weighted by Gasteiger charge is -2.10. The summed E-state index contributed by atoms with van der Waals surface area (Å²) >= 11 is 17.7. The van der Waals surface area contributed by atoms with Gasteiger partial charge in [0.15, 0.2) is 6.61 Å². The molecule has 5 nitrogen and oxygen atoms in total. The van der Waals surface area contributed by atoms with E-state index in [1.165, 1.54) is 25.3 Å². The van der Waals surface area contributed by atoms with E-state index in [1.54, 1.807) is 18.2 Å². The highest BCUT2D eigenvalue weighted by Crippen LogP contribution is 2.32. The number of amides is 1. The first-order valence-corrected chi connectivity index (χ1v) is 7.79. The van der Waals surface area contributed by atoms with Crippen molar-refractivity contribution >= 4 is 52.4 Å². The van der Waals surface area contributed by atoms with Gasteiger partial charge in [-0.05, 0) is 30.3 Å². The Morgan fingerprint density at radius 1 is 1.04 bits per heavy atom. The van der Waals surface area contributed by atoms with Crippen molar-refractivity contribution in [2.45, 2.75) is 0 Å². The van der Waals surface area contributed by atoms with Crippen molar-refractivity contribution in [3.8, 4) is 5.75 Å². The van der Waals surface area contributed by atoms with Crippen LogP contribution in [0.15, 0.2) is 36.4 Å². The van der Waals surface area contributed by atoms with E-state index in [4.69, 9.17) is 39.5 Å². The lowest BCUT2D eigenvalue weighted by atomic mass is 10.2. The molecule has 0 saturated carbocycles. The number of carbonyl (C=O) groups is 2. The summed E-state index contributed by atoms with van der Waals surface area (Å²) < 4.78 is 9.97. The molecule has 0 saturated heterocycles. The molecule has 0 aliphatic carbocycles. The third kappa shape index (κ3) is 4.77. The first kappa shape index (κ1) is 18.4. The fourth-order valence-corrected chi connectivity index (χ4v) is 2.38. The molecule has 1 N–H and O–H groups in total. The molecule has 24 heavy (non-hydrogen) atoms. The first-order valence-electron chi connectivity index (χ1n) is 6.66. The Balaban J connectivity index is 1.99. The molecule has 2 aromatic rings. The Morgan fingerprint density at radius 2 is 1.75 bits per heavy atom. The highest BCUT2D eigenvalue weighted by atomic mass is 35.5. The quantitative estimate of drug-likeness (QED) is 0.607. The largest absolute Gasteiger partial charge is 0.484 e. The van der Waals surface area contributed by atoms with Crippen molar-refractivity contribution in [2.24, 2.45) is 0 Å². The van der Waals surface area contributed by atoms with Gasteiger partial charge in [-0.2, -0.15) is 0 Å². The number of carbonyl (C=O) groups excluding carboxylic acids is 2. The van der Waals surface area contributed by atoms with E-state index in [-0.39, 0.29) is 21.7 Å². The second-order valence-corrected chi connectivity index (χ2v) is 5.82. The second-order valence-electron chi connectivity index (χ2n) is 4.60. The predicted molar refractivity (Wildman–Crippen MR) is 93.4 cm³/mol. The van der Waals surface area contributed by atoms with Gasteiger partial charge in [-0.1, -0.05) is 40.9 Å². The number of methoxy groups -OCH3 is 1. The van der Waals surface area contributed by atoms with Gasteiger partial charge in [0.1, 0.15) is 5.75 Å². The van der Waals surface area contributed by atoms with Crippen LogP contribution >= 0.6 is 34.8 Å². The summed E-state index contributed by atoms with van der Waals surface area (Å²) in [7, 11) is 1.28. The molecule has 126 valence electrons. The number of hydrogen-bond acceptors (Lipinski definition) is 4. The first-order chi connectivity index (χ1) is 11.4. The summed E-state index contributed by atoms with van der Waals surface area (Å²) in [6.07, 6.45) is 0. The van der Waals surface area contributed by atoms with E-state index in [2.05, 4.69) is 10.1 Å². The van der Waals surface area contributed by atoms with Crippen molar-refractivity contribution in [1.29, 1.82) is 0 Å². The number of ether oxygens (including phenoxy) is 2. The molecular weight excluding hydrogens is 377 g/mol. The van der Waals surface area contributed by atoms with E-state index in [0.29, 0.717) is 17.0 Å². The highest BCUT2D eigenvalue weighted by Gasteiger charge is 2.11. The van der Waals surface area contributed by atoms with E-state index in [9.17, 15) is 9.59 Å². The SMILES string of the molecule is COC(=O)c1cccc(OCC(=O)Nc2cc(Cl)c(Cl)cc2Cl)c1. The molecule has 0 bridgehead atoms. The summed E-state index contributed by atoms with van der Waals surface area (Å²) in [5.74, 6) is -0.584. The third-order valence-corrected chi connectivity index (χ3v) is 3.94. The van der Waals surface area contributed by atoms with Crippen LogP contribution in [-0.2, 0) is 9.53 Å². The van der Waals surface area contributed by atoms with Gasteiger partial charge in [-0.3, -0.25) is 4.79 Å². The molecule has 0 aliphatic heterocycles. The number of nitrogens with one attached hydrogen (secondary N) is 1. The van der Waals surface area contributed by atoms with E-state index >= 15 is 0 Å². The normalized spacial score (nSPS) is 10.2. The standard InChI is InChI=1S/C16H12Cl3NO4/c1-23-16(22)9-3-2-4-10(5-9)24-8-15(21)20-14-7-12(18)11(17)6-13(14)19/h2-7H,8H2,1H3,(H,20,21).